The van der Waals surface area contributed by atoms with E-state index in [9.17, 15) is 4.79 Å². The van der Waals surface area contributed by atoms with E-state index in [1.165, 1.54) is 0 Å². The first kappa shape index (κ1) is 19.0. The van der Waals surface area contributed by atoms with Gasteiger partial charge in [0.15, 0.2) is 5.82 Å². The van der Waals surface area contributed by atoms with Crippen LogP contribution in [-0.4, -0.2) is 33.6 Å². The molecule has 0 radical (unpaired) electrons. The number of hydrogen-bond acceptors (Lipinski definition) is 6. The summed E-state index contributed by atoms with van der Waals surface area (Å²) in [7, 11) is 0. The third kappa shape index (κ3) is 4.41. The van der Waals surface area contributed by atoms with E-state index >= 15 is 0 Å². The van der Waals surface area contributed by atoms with Crippen molar-refractivity contribution in [1.82, 2.24) is 15.0 Å². The summed E-state index contributed by atoms with van der Waals surface area (Å²) in [6.45, 7) is 4.60. The van der Waals surface area contributed by atoms with Crippen molar-refractivity contribution >= 4 is 23.1 Å². The Morgan fingerprint density at radius 2 is 1.90 bits per heavy atom. The Balaban J connectivity index is 1.50. The lowest BCUT2D eigenvalue weighted by Gasteiger charge is -2.14. The van der Waals surface area contributed by atoms with E-state index in [1.807, 2.05) is 50.2 Å². The van der Waals surface area contributed by atoms with Gasteiger partial charge in [-0.3, -0.25) is 9.78 Å². The van der Waals surface area contributed by atoms with Crippen LogP contribution in [0.15, 0.2) is 48.8 Å². The van der Waals surface area contributed by atoms with Gasteiger partial charge in [0, 0.05) is 47.2 Å². The van der Waals surface area contributed by atoms with Gasteiger partial charge < -0.3 is 15.4 Å². The third-order valence-electron chi connectivity index (χ3n) is 4.95. The largest absolute Gasteiger partial charge is 0.368 e. The summed E-state index contributed by atoms with van der Waals surface area (Å²) < 4.78 is 5.42. The quantitative estimate of drug-likeness (QED) is 0.685. The predicted molar refractivity (Wildman–Crippen MR) is 112 cm³/mol. The summed E-state index contributed by atoms with van der Waals surface area (Å²) in [4.78, 5) is 25.6. The molecule has 1 aromatic carbocycles. The van der Waals surface area contributed by atoms with Gasteiger partial charge >= 0.3 is 0 Å². The van der Waals surface area contributed by atoms with Gasteiger partial charge in [0.05, 0.1) is 0 Å². The smallest absolute Gasteiger partial charge is 0.253 e. The Morgan fingerprint density at radius 1 is 1.10 bits per heavy atom. The number of nitrogens with zero attached hydrogens (tertiary/aromatic N) is 3. The van der Waals surface area contributed by atoms with Crippen molar-refractivity contribution in [2.75, 3.05) is 17.2 Å². The minimum absolute atomic E-state index is 0.0911. The maximum atomic E-state index is 12.2. The highest BCUT2D eigenvalue weighted by Crippen LogP contribution is 2.25. The average molecular weight is 389 g/mol. The molecule has 148 valence electrons. The molecule has 1 aliphatic rings. The molecule has 0 bridgehead atoms. The summed E-state index contributed by atoms with van der Waals surface area (Å²) in [6.07, 6.45) is 4.84. The first-order valence-electron chi connectivity index (χ1n) is 9.65. The molecule has 3 heterocycles. The number of benzene rings is 1. The fraction of sp³-hybridized carbons (Fsp3) is 0.273. The molecule has 1 fully saturated rings. The van der Waals surface area contributed by atoms with E-state index in [2.05, 4.69) is 25.6 Å². The van der Waals surface area contributed by atoms with Crippen molar-refractivity contribution in [3.05, 3.63) is 60.0 Å². The third-order valence-corrected chi connectivity index (χ3v) is 4.95. The van der Waals surface area contributed by atoms with Crippen LogP contribution in [0.25, 0.3) is 11.4 Å². The molecule has 2 N–H and O–H groups in total. The highest BCUT2D eigenvalue weighted by molar-refractivity contribution is 5.94. The summed E-state index contributed by atoms with van der Waals surface area (Å²) in [5.41, 5.74) is 4.36. The van der Waals surface area contributed by atoms with Crippen molar-refractivity contribution in [2.24, 2.45) is 0 Å². The minimum atomic E-state index is -0.342. The standard InChI is InChI=1S/C22H23N5O2/c1-14-15(2)24-21(16-5-3-11-23-13-16)27-20(14)25-17-7-9-18(10-8-17)26-22(28)19-6-4-12-29-19/h3,5,7-11,13,19H,4,6,12H2,1-2H3,(H,26,28)(H,24,25,27). The number of pyridine rings is 1. The number of anilines is 3. The normalized spacial score (nSPS) is 15.9. The number of carbonyl (C=O) groups is 1. The summed E-state index contributed by atoms with van der Waals surface area (Å²) in [5.74, 6) is 1.28. The van der Waals surface area contributed by atoms with Crippen LogP contribution in [0.5, 0.6) is 0 Å². The summed E-state index contributed by atoms with van der Waals surface area (Å²) in [5, 5.41) is 6.25. The molecule has 29 heavy (non-hydrogen) atoms. The lowest BCUT2D eigenvalue weighted by atomic mass is 10.2. The van der Waals surface area contributed by atoms with Gasteiger partial charge in [0.2, 0.25) is 0 Å². The number of aryl methyl sites for hydroxylation is 1. The molecule has 1 amide bonds. The van der Waals surface area contributed by atoms with Crippen LogP contribution in [0.2, 0.25) is 0 Å². The van der Waals surface area contributed by atoms with E-state index in [1.54, 1.807) is 12.4 Å². The van der Waals surface area contributed by atoms with Crippen molar-refractivity contribution in [3.8, 4) is 11.4 Å². The fourth-order valence-corrected chi connectivity index (χ4v) is 3.16. The molecular formula is C22H23N5O2. The van der Waals surface area contributed by atoms with Gasteiger partial charge in [-0.15, -0.1) is 0 Å². The van der Waals surface area contributed by atoms with Crippen LogP contribution in [0.1, 0.15) is 24.1 Å². The Morgan fingerprint density at radius 3 is 2.59 bits per heavy atom. The fourth-order valence-electron chi connectivity index (χ4n) is 3.16. The van der Waals surface area contributed by atoms with Crippen LogP contribution in [0.4, 0.5) is 17.2 Å². The highest BCUT2D eigenvalue weighted by Gasteiger charge is 2.23. The zero-order chi connectivity index (χ0) is 20.2. The Bertz CT molecular complexity index is 1000. The van der Waals surface area contributed by atoms with Gasteiger partial charge in [-0.1, -0.05) is 0 Å². The number of aromatic nitrogens is 3. The van der Waals surface area contributed by atoms with Gasteiger partial charge in [0.25, 0.3) is 5.91 Å². The Hall–Kier alpha value is -3.32. The van der Waals surface area contributed by atoms with Crippen LogP contribution < -0.4 is 10.6 Å². The molecular weight excluding hydrogens is 366 g/mol. The number of amides is 1. The van der Waals surface area contributed by atoms with E-state index in [4.69, 9.17) is 4.74 Å². The van der Waals surface area contributed by atoms with E-state index < -0.39 is 0 Å². The predicted octanol–water partition coefficient (Wildman–Crippen LogP) is 4.02. The Kier molecular flexibility index (Phi) is 5.48. The van der Waals surface area contributed by atoms with Gasteiger partial charge in [-0.25, -0.2) is 9.97 Å². The molecule has 0 aliphatic carbocycles. The number of ether oxygens (including phenoxy) is 1. The number of hydrogen-bond donors (Lipinski definition) is 2. The van der Waals surface area contributed by atoms with E-state index in [-0.39, 0.29) is 12.0 Å². The highest BCUT2D eigenvalue weighted by atomic mass is 16.5. The van der Waals surface area contributed by atoms with E-state index in [0.29, 0.717) is 12.4 Å². The first-order valence-corrected chi connectivity index (χ1v) is 9.65. The van der Waals surface area contributed by atoms with Crippen LogP contribution >= 0.6 is 0 Å². The second-order valence-electron chi connectivity index (χ2n) is 7.04. The lowest BCUT2D eigenvalue weighted by Crippen LogP contribution is -2.26. The van der Waals surface area contributed by atoms with E-state index in [0.717, 1.165) is 46.9 Å². The molecule has 1 saturated heterocycles. The lowest BCUT2D eigenvalue weighted by molar-refractivity contribution is -0.124. The monoisotopic (exact) mass is 389 g/mol. The van der Waals surface area contributed by atoms with Crippen molar-refractivity contribution < 1.29 is 9.53 Å². The molecule has 2 aromatic heterocycles. The maximum absolute atomic E-state index is 12.2. The zero-order valence-corrected chi connectivity index (χ0v) is 16.5. The average Bonchev–Trinajstić information content (AvgIpc) is 3.28. The second kappa shape index (κ2) is 8.36. The van der Waals surface area contributed by atoms with Crippen molar-refractivity contribution in [1.29, 1.82) is 0 Å². The molecule has 0 saturated carbocycles. The SMILES string of the molecule is Cc1nc(-c2cccnc2)nc(Nc2ccc(NC(=O)C3CCCO3)cc2)c1C. The summed E-state index contributed by atoms with van der Waals surface area (Å²) >= 11 is 0. The number of carbonyl (C=O) groups excluding carboxylic acids is 1. The van der Waals surface area contributed by atoms with Crippen LogP contribution in [0.3, 0.4) is 0 Å². The van der Waals surface area contributed by atoms with Crippen LogP contribution in [0, 0.1) is 13.8 Å². The number of nitrogens with one attached hydrogen (secondary N) is 2. The molecule has 1 aliphatic heterocycles. The molecule has 1 atom stereocenters. The molecule has 4 rings (SSSR count). The minimum Gasteiger partial charge on any atom is -0.368 e. The molecule has 3 aromatic rings. The summed E-state index contributed by atoms with van der Waals surface area (Å²) in [6, 6.07) is 11.3. The van der Waals surface area contributed by atoms with Crippen molar-refractivity contribution in [2.45, 2.75) is 32.8 Å². The Labute approximate surface area is 169 Å². The van der Waals surface area contributed by atoms with Gasteiger partial charge in [-0.2, -0.15) is 0 Å². The maximum Gasteiger partial charge on any atom is 0.253 e. The van der Waals surface area contributed by atoms with Crippen molar-refractivity contribution in [3.63, 3.8) is 0 Å². The molecule has 7 nitrogen and oxygen atoms in total. The topological polar surface area (TPSA) is 89.0 Å². The number of rotatable bonds is 5. The van der Waals surface area contributed by atoms with Gasteiger partial charge in [-0.05, 0) is 63.1 Å². The van der Waals surface area contributed by atoms with Gasteiger partial charge in [0.1, 0.15) is 11.9 Å². The van der Waals surface area contributed by atoms with Crippen LogP contribution in [-0.2, 0) is 9.53 Å². The zero-order valence-electron chi connectivity index (χ0n) is 16.5. The first-order chi connectivity index (χ1) is 14.1. The molecule has 7 heteroatoms. The second-order valence-corrected chi connectivity index (χ2v) is 7.04. The molecule has 1 unspecified atom stereocenters. The molecule has 0 spiro atoms.